The molecule has 1 aliphatic heterocycles. The predicted octanol–water partition coefficient (Wildman–Crippen LogP) is 3.36. The molecule has 0 bridgehead atoms. The van der Waals surface area contributed by atoms with E-state index in [1.165, 1.54) is 0 Å². The molecular formula is C16H21BrN4. The molecule has 1 atom stereocenters. The summed E-state index contributed by atoms with van der Waals surface area (Å²) in [6, 6.07) is 6.77. The number of hydrogen-bond acceptors (Lipinski definition) is 4. The Labute approximate surface area is 134 Å². The van der Waals surface area contributed by atoms with E-state index in [-0.39, 0.29) is 5.54 Å². The van der Waals surface area contributed by atoms with E-state index >= 15 is 0 Å². The Hall–Kier alpha value is -1.20. The molecule has 5 heteroatoms. The van der Waals surface area contributed by atoms with Gasteiger partial charge in [0.25, 0.3) is 0 Å². The van der Waals surface area contributed by atoms with Crippen molar-refractivity contribution in [3.05, 3.63) is 28.9 Å². The summed E-state index contributed by atoms with van der Waals surface area (Å²) in [5, 5.41) is 4.74. The largest absolute Gasteiger partial charge is 0.355 e. The first-order chi connectivity index (χ1) is 9.90. The van der Waals surface area contributed by atoms with E-state index in [0.717, 1.165) is 40.8 Å². The zero-order chi connectivity index (χ0) is 15.0. The molecule has 1 unspecified atom stereocenters. The van der Waals surface area contributed by atoms with Crippen LogP contribution in [-0.4, -0.2) is 34.6 Å². The zero-order valence-corrected chi connectivity index (χ0v) is 14.3. The molecule has 1 saturated heterocycles. The molecule has 0 aliphatic carbocycles. The molecule has 1 N–H and O–H groups in total. The number of halogens is 1. The molecule has 21 heavy (non-hydrogen) atoms. The molecular weight excluding hydrogens is 328 g/mol. The van der Waals surface area contributed by atoms with E-state index in [2.05, 4.69) is 64.0 Å². The van der Waals surface area contributed by atoms with Crippen LogP contribution in [0.15, 0.2) is 28.9 Å². The van der Waals surface area contributed by atoms with Crippen LogP contribution < -0.4 is 10.2 Å². The first kappa shape index (κ1) is 14.7. The van der Waals surface area contributed by atoms with Gasteiger partial charge < -0.3 is 10.2 Å². The van der Waals surface area contributed by atoms with Gasteiger partial charge in [0.2, 0.25) is 0 Å². The van der Waals surface area contributed by atoms with Crippen LogP contribution in [0.1, 0.15) is 27.2 Å². The number of anilines is 1. The molecule has 2 aromatic heterocycles. The van der Waals surface area contributed by atoms with Crippen molar-refractivity contribution in [3.8, 4) is 0 Å². The predicted molar refractivity (Wildman–Crippen MR) is 90.7 cm³/mol. The Morgan fingerprint density at radius 1 is 1.33 bits per heavy atom. The molecule has 1 aliphatic rings. The fourth-order valence-electron chi connectivity index (χ4n) is 2.85. The molecule has 4 nitrogen and oxygen atoms in total. The van der Waals surface area contributed by atoms with Gasteiger partial charge in [-0.3, -0.25) is 0 Å². The summed E-state index contributed by atoms with van der Waals surface area (Å²) in [6.07, 6.45) is 2.96. The molecule has 0 radical (unpaired) electrons. The zero-order valence-electron chi connectivity index (χ0n) is 12.7. The van der Waals surface area contributed by atoms with E-state index in [1.54, 1.807) is 6.20 Å². The summed E-state index contributed by atoms with van der Waals surface area (Å²) in [5.41, 5.74) is 0.966. The smallest absolute Gasteiger partial charge is 0.161 e. The van der Waals surface area contributed by atoms with Gasteiger partial charge in [-0.25, -0.2) is 9.97 Å². The molecule has 0 spiro atoms. The summed E-state index contributed by atoms with van der Waals surface area (Å²) in [7, 11) is 0. The molecule has 1 fully saturated rings. The summed E-state index contributed by atoms with van der Waals surface area (Å²) in [6.45, 7) is 8.69. The van der Waals surface area contributed by atoms with Crippen LogP contribution in [0.25, 0.3) is 11.0 Å². The summed E-state index contributed by atoms with van der Waals surface area (Å²) < 4.78 is 0.986. The van der Waals surface area contributed by atoms with Gasteiger partial charge in [0, 0.05) is 40.7 Å². The lowest BCUT2D eigenvalue weighted by molar-refractivity contribution is 0.373. The Balaban J connectivity index is 1.77. The highest BCUT2D eigenvalue weighted by Gasteiger charge is 2.26. The van der Waals surface area contributed by atoms with Crippen molar-refractivity contribution < 1.29 is 0 Å². The van der Waals surface area contributed by atoms with Gasteiger partial charge in [0.05, 0.1) is 0 Å². The van der Waals surface area contributed by atoms with Crippen molar-refractivity contribution in [2.24, 2.45) is 0 Å². The molecule has 0 saturated carbocycles. The number of rotatable bonds is 2. The Morgan fingerprint density at radius 3 is 2.90 bits per heavy atom. The minimum atomic E-state index is 0.158. The lowest BCUT2D eigenvalue weighted by atomic mass is 10.1. The van der Waals surface area contributed by atoms with E-state index in [4.69, 9.17) is 4.98 Å². The van der Waals surface area contributed by atoms with Gasteiger partial charge >= 0.3 is 0 Å². The second kappa shape index (κ2) is 5.54. The number of nitrogens with one attached hydrogen (secondary N) is 1. The first-order valence-corrected chi connectivity index (χ1v) is 8.15. The maximum absolute atomic E-state index is 4.70. The number of hydrogen-bond donors (Lipinski definition) is 1. The maximum Gasteiger partial charge on any atom is 0.161 e. The molecule has 112 valence electrons. The fourth-order valence-corrected chi connectivity index (χ4v) is 3.20. The Bertz CT molecular complexity index is 650. The normalized spacial score (nSPS) is 19.4. The first-order valence-electron chi connectivity index (χ1n) is 7.36. The van der Waals surface area contributed by atoms with Crippen molar-refractivity contribution in [1.29, 1.82) is 0 Å². The maximum atomic E-state index is 4.70. The third-order valence-corrected chi connectivity index (χ3v) is 4.08. The third kappa shape index (κ3) is 3.52. The summed E-state index contributed by atoms with van der Waals surface area (Å²) in [5.74, 6) is 1.02. The van der Waals surface area contributed by atoms with Crippen molar-refractivity contribution >= 4 is 32.8 Å². The quantitative estimate of drug-likeness (QED) is 0.903. The summed E-state index contributed by atoms with van der Waals surface area (Å²) >= 11 is 3.44. The molecule has 3 heterocycles. The van der Waals surface area contributed by atoms with Crippen LogP contribution in [0.5, 0.6) is 0 Å². The van der Waals surface area contributed by atoms with Crippen LogP contribution in [0.3, 0.4) is 0 Å². The Kier molecular flexibility index (Phi) is 3.88. The van der Waals surface area contributed by atoms with E-state index in [9.17, 15) is 0 Å². The van der Waals surface area contributed by atoms with E-state index in [1.807, 2.05) is 6.07 Å². The molecule has 2 aromatic rings. The monoisotopic (exact) mass is 348 g/mol. The van der Waals surface area contributed by atoms with Crippen molar-refractivity contribution in [2.75, 3.05) is 18.0 Å². The number of fused-ring (bicyclic) bond motifs is 1. The van der Waals surface area contributed by atoms with Gasteiger partial charge in [0.1, 0.15) is 5.82 Å². The highest BCUT2D eigenvalue weighted by molar-refractivity contribution is 9.10. The average molecular weight is 349 g/mol. The number of nitrogens with zero attached hydrogens (tertiary/aromatic N) is 3. The van der Waals surface area contributed by atoms with Crippen molar-refractivity contribution in [1.82, 2.24) is 15.3 Å². The van der Waals surface area contributed by atoms with E-state index in [0.29, 0.717) is 6.04 Å². The molecule has 0 amide bonds. The van der Waals surface area contributed by atoms with Crippen LogP contribution in [0.4, 0.5) is 5.82 Å². The minimum Gasteiger partial charge on any atom is -0.355 e. The SMILES string of the molecule is CC(C)(C)NC1CCN(c2ccc3cc(Br)cnc3n2)C1. The topological polar surface area (TPSA) is 41.0 Å². The van der Waals surface area contributed by atoms with Crippen LogP contribution in [0.2, 0.25) is 0 Å². The second-order valence-corrected chi connectivity index (χ2v) is 7.61. The van der Waals surface area contributed by atoms with E-state index < -0.39 is 0 Å². The summed E-state index contributed by atoms with van der Waals surface area (Å²) in [4.78, 5) is 11.4. The highest BCUT2D eigenvalue weighted by atomic mass is 79.9. The van der Waals surface area contributed by atoms with Gasteiger partial charge in [-0.1, -0.05) is 0 Å². The lowest BCUT2D eigenvalue weighted by Crippen LogP contribution is -2.44. The molecule has 0 aromatic carbocycles. The van der Waals surface area contributed by atoms with Gasteiger partial charge in [-0.05, 0) is 61.3 Å². The van der Waals surface area contributed by atoms with Gasteiger partial charge in [0.15, 0.2) is 5.65 Å². The Morgan fingerprint density at radius 2 is 2.14 bits per heavy atom. The van der Waals surface area contributed by atoms with Gasteiger partial charge in [-0.15, -0.1) is 0 Å². The fraction of sp³-hybridized carbons (Fsp3) is 0.500. The standard InChI is InChI=1S/C16H21BrN4/c1-16(2,3)20-13-6-7-21(10-13)14-5-4-11-8-12(17)9-18-15(11)19-14/h4-5,8-9,13,20H,6-7,10H2,1-3H3. The van der Waals surface area contributed by atoms with Crippen molar-refractivity contribution in [2.45, 2.75) is 38.8 Å². The van der Waals surface area contributed by atoms with Crippen LogP contribution >= 0.6 is 15.9 Å². The second-order valence-electron chi connectivity index (χ2n) is 6.70. The van der Waals surface area contributed by atoms with Crippen LogP contribution in [-0.2, 0) is 0 Å². The lowest BCUT2D eigenvalue weighted by Gasteiger charge is -2.26. The highest BCUT2D eigenvalue weighted by Crippen LogP contribution is 2.23. The van der Waals surface area contributed by atoms with Crippen LogP contribution in [0, 0.1) is 0 Å². The number of pyridine rings is 2. The third-order valence-electron chi connectivity index (χ3n) is 3.64. The number of aromatic nitrogens is 2. The van der Waals surface area contributed by atoms with Gasteiger partial charge in [-0.2, -0.15) is 0 Å². The molecule has 3 rings (SSSR count). The van der Waals surface area contributed by atoms with Crippen molar-refractivity contribution in [3.63, 3.8) is 0 Å². The minimum absolute atomic E-state index is 0.158. The average Bonchev–Trinajstić information content (AvgIpc) is 2.84.